The predicted octanol–water partition coefficient (Wildman–Crippen LogP) is 2.40. The van der Waals surface area contributed by atoms with E-state index in [1.807, 2.05) is 37.3 Å². The smallest absolute Gasteiger partial charge is 0.328 e. The van der Waals surface area contributed by atoms with Crippen LogP contribution in [-0.4, -0.2) is 22.9 Å². The van der Waals surface area contributed by atoms with Gasteiger partial charge in [0.15, 0.2) is 0 Å². The van der Waals surface area contributed by atoms with Crippen molar-refractivity contribution in [1.29, 1.82) is 0 Å². The Hall–Kier alpha value is -2.93. The van der Waals surface area contributed by atoms with Crippen LogP contribution in [0.3, 0.4) is 0 Å². The van der Waals surface area contributed by atoms with E-state index in [1.165, 1.54) is 11.3 Å². The Kier molecular flexibility index (Phi) is 4.92. The van der Waals surface area contributed by atoms with Crippen LogP contribution in [0.5, 0.6) is 0 Å². The Bertz CT molecular complexity index is 794. The SMILES string of the molecule is Cc1sc(NC(=O)/C=C/C(=O)O)c(C(N)=O)c1-c1ccccc1. The summed E-state index contributed by atoms with van der Waals surface area (Å²) in [6.07, 6.45) is 1.60. The molecular weight excluding hydrogens is 316 g/mol. The number of benzene rings is 1. The molecule has 0 unspecified atom stereocenters. The zero-order chi connectivity index (χ0) is 17.0. The van der Waals surface area contributed by atoms with Gasteiger partial charge in [-0.1, -0.05) is 30.3 Å². The third kappa shape index (κ3) is 3.83. The van der Waals surface area contributed by atoms with Gasteiger partial charge in [-0.15, -0.1) is 11.3 Å². The number of carboxylic acids is 1. The molecule has 0 atom stereocenters. The molecule has 23 heavy (non-hydrogen) atoms. The summed E-state index contributed by atoms with van der Waals surface area (Å²) in [6.45, 7) is 1.82. The number of carboxylic acid groups (broad SMARTS) is 1. The van der Waals surface area contributed by atoms with Gasteiger partial charge < -0.3 is 16.2 Å². The number of thiophene rings is 1. The second-order valence-electron chi connectivity index (χ2n) is 4.63. The number of anilines is 1. The summed E-state index contributed by atoms with van der Waals surface area (Å²) in [5.41, 5.74) is 7.17. The Balaban J connectivity index is 2.44. The summed E-state index contributed by atoms with van der Waals surface area (Å²) in [7, 11) is 0. The molecule has 2 aromatic rings. The molecule has 7 heteroatoms. The number of rotatable bonds is 5. The zero-order valence-corrected chi connectivity index (χ0v) is 13.0. The van der Waals surface area contributed by atoms with E-state index in [9.17, 15) is 14.4 Å². The molecule has 0 aliphatic carbocycles. The van der Waals surface area contributed by atoms with Crippen LogP contribution in [-0.2, 0) is 9.59 Å². The maximum Gasteiger partial charge on any atom is 0.328 e. The van der Waals surface area contributed by atoms with Crippen LogP contribution < -0.4 is 11.1 Å². The van der Waals surface area contributed by atoms with Gasteiger partial charge in [0, 0.05) is 22.6 Å². The molecule has 4 N–H and O–H groups in total. The molecule has 0 spiro atoms. The molecule has 1 aromatic carbocycles. The average Bonchev–Trinajstić information content (AvgIpc) is 2.82. The van der Waals surface area contributed by atoms with E-state index < -0.39 is 17.8 Å². The molecule has 0 fully saturated rings. The molecule has 1 heterocycles. The minimum atomic E-state index is -1.23. The normalized spacial score (nSPS) is 10.7. The first kappa shape index (κ1) is 16.4. The number of hydrogen-bond donors (Lipinski definition) is 3. The second kappa shape index (κ2) is 6.89. The minimum Gasteiger partial charge on any atom is -0.478 e. The minimum absolute atomic E-state index is 0.218. The Morgan fingerprint density at radius 3 is 2.39 bits per heavy atom. The molecule has 2 amide bonds. The van der Waals surface area contributed by atoms with Crippen molar-refractivity contribution in [1.82, 2.24) is 0 Å². The predicted molar refractivity (Wildman–Crippen MR) is 88.4 cm³/mol. The third-order valence-electron chi connectivity index (χ3n) is 3.01. The average molecular weight is 330 g/mol. The van der Waals surface area contributed by atoms with E-state index in [1.54, 1.807) is 0 Å². The zero-order valence-electron chi connectivity index (χ0n) is 12.2. The van der Waals surface area contributed by atoms with Gasteiger partial charge in [-0.2, -0.15) is 0 Å². The second-order valence-corrected chi connectivity index (χ2v) is 5.85. The molecule has 2 rings (SSSR count). The van der Waals surface area contributed by atoms with Crippen molar-refractivity contribution in [2.24, 2.45) is 5.73 Å². The van der Waals surface area contributed by atoms with Crippen molar-refractivity contribution >= 4 is 34.1 Å². The fourth-order valence-electron chi connectivity index (χ4n) is 2.12. The Morgan fingerprint density at radius 2 is 1.83 bits per heavy atom. The first-order chi connectivity index (χ1) is 10.9. The summed E-state index contributed by atoms with van der Waals surface area (Å²) in [6, 6.07) is 9.22. The van der Waals surface area contributed by atoms with Gasteiger partial charge in [-0.3, -0.25) is 9.59 Å². The van der Waals surface area contributed by atoms with Gasteiger partial charge in [0.1, 0.15) is 5.00 Å². The number of nitrogens with two attached hydrogens (primary N) is 1. The fraction of sp³-hybridized carbons (Fsp3) is 0.0625. The van der Waals surface area contributed by atoms with E-state index in [0.29, 0.717) is 10.6 Å². The van der Waals surface area contributed by atoms with Crippen molar-refractivity contribution in [3.63, 3.8) is 0 Å². The molecule has 0 radical (unpaired) electrons. The van der Waals surface area contributed by atoms with Gasteiger partial charge in [-0.05, 0) is 12.5 Å². The highest BCUT2D eigenvalue weighted by Gasteiger charge is 2.22. The van der Waals surface area contributed by atoms with Crippen LogP contribution in [0.25, 0.3) is 11.1 Å². The molecule has 0 saturated heterocycles. The standard InChI is InChI=1S/C16H14N2O4S/c1-9-13(10-5-3-2-4-6-10)14(15(17)22)16(23-9)18-11(19)7-8-12(20)21/h2-8H,1H3,(H2,17,22)(H,18,19)(H,20,21)/b8-7+. The van der Waals surface area contributed by atoms with Crippen molar-refractivity contribution in [2.45, 2.75) is 6.92 Å². The number of amides is 2. The van der Waals surface area contributed by atoms with Gasteiger partial charge in [0.25, 0.3) is 5.91 Å². The van der Waals surface area contributed by atoms with Crippen molar-refractivity contribution in [3.05, 3.63) is 52.9 Å². The lowest BCUT2D eigenvalue weighted by atomic mass is 10.0. The maximum atomic E-state index is 11.8. The number of primary amides is 1. The first-order valence-electron chi connectivity index (χ1n) is 6.60. The highest BCUT2D eigenvalue weighted by Crippen LogP contribution is 2.39. The molecule has 118 valence electrons. The number of aryl methyl sites for hydroxylation is 1. The van der Waals surface area contributed by atoms with E-state index in [4.69, 9.17) is 10.8 Å². The number of hydrogen-bond acceptors (Lipinski definition) is 4. The molecule has 0 saturated carbocycles. The lowest BCUT2D eigenvalue weighted by molar-refractivity contribution is -0.131. The highest BCUT2D eigenvalue weighted by molar-refractivity contribution is 7.17. The summed E-state index contributed by atoms with van der Waals surface area (Å²) < 4.78 is 0. The van der Waals surface area contributed by atoms with Crippen LogP contribution in [0.2, 0.25) is 0 Å². The van der Waals surface area contributed by atoms with Crippen molar-refractivity contribution < 1.29 is 19.5 Å². The Morgan fingerprint density at radius 1 is 1.17 bits per heavy atom. The molecule has 0 aliphatic rings. The largest absolute Gasteiger partial charge is 0.478 e. The van der Waals surface area contributed by atoms with E-state index in [2.05, 4.69) is 5.32 Å². The van der Waals surface area contributed by atoms with Gasteiger partial charge >= 0.3 is 5.97 Å². The molecule has 0 bridgehead atoms. The number of aliphatic carboxylic acids is 1. The summed E-state index contributed by atoms with van der Waals surface area (Å²) in [5, 5.41) is 11.3. The first-order valence-corrected chi connectivity index (χ1v) is 7.42. The van der Waals surface area contributed by atoms with Gasteiger partial charge in [-0.25, -0.2) is 4.79 Å². The van der Waals surface area contributed by atoms with Crippen LogP contribution >= 0.6 is 11.3 Å². The van der Waals surface area contributed by atoms with Crippen LogP contribution in [0.15, 0.2) is 42.5 Å². The quantitative estimate of drug-likeness (QED) is 0.731. The number of carbonyl (C=O) groups is 3. The molecular formula is C16H14N2O4S. The lowest BCUT2D eigenvalue weighted by Crippen LogP contribution is -2.16. The third-order valence-corrected chi connectivity index (χ3v) is 4.03. The van der Waals surface area contributed by atoms with Crippen LogP contribution in [0.1, 0.15) is 15.2 Å². The topological polar surface area (TPSA) is 109 Å². The van der Waals surface area contributed by atoms with Crippen LogP contribution in [0.4, 0.5) is 5.00 Å². The highest BCUT2D eigenvalue weighted by atomic mass is 32.1. The molecule has 1 aromatic heterocycles. The Labute approximate surface area is 136 Å². The van der Waals surface area contributed by atoms with E-state index in [-0.39, 0.29) is 5.56 Å². The monoisotopic (exact) mass is 330 g/mol. The maximum absolute atomic E-state index is 11.8. The summed E-state index contributed by atoms with van der Waals surface area (Å²) >= 11 is 1.21. The lowest BCUT2D eigenvalue weighted by Gasteiger charge is -2.05. The number of carbonyl (C=O) groups excluding carboxylic acids is 2. The van der Waals surface area contributed by atoms with Gasteiger partial charge in [0.05, 0.1) is 5.56 Å². The number of nitrogens with one attached hydrogen (secondary N) is 1. The van der Waals surface area contributed by atoms with E-state index in [0.717, 1.165) is 22.6 Å². The van der Waals surface area contributed by atoms with Crippen LogP contribution in [0, 0.1) is 6.92 Å². The summed E-state index contributed by atoms with van der Waals surface area (Å²) in [4.78, 5) is 34.8. The van der Waals surface area contributed by atoms with Crippen molar-refractivity contribution in [2.75, 3.05) is 5.32 Å². The van der Waals surface area contributed by atoms with E-state index >= 15 is 0 Å². The van der Waals surface area contributed by atoms with Crippen molar-refractivity contribution in [3.8, 4) is 11.1 Å². The van der Waals surface area contributed by atoms with Gasteiger partial charge in [0.2, 0.25) is 5.91 Å². The fourth-order valence-corrected chi connectivity index (χ4v) is 3.21. The molecule has 0 aliphatic heterocycles. The summed E-state index contributed by atoms with van der Waals surface area (Å²) in [5.74, 6) is -2.54. The molecule has 6 nitrogen and oxygen atoms in total.